The van der Waals surface area contributed by atoms with Gasteiger partial charge in [0, 0.05) is 5.69 Å². The van der Waals surface area contributed by atoms with Crippen LogP contribution in [0.1, 0.15) is 28.5 Å². The summed E-state index contributed by atoms with van der Waals surface area (Å²) in [6.45, 7) is 4.01. The van der Waals surface area contributed by atoms with Gasteiger partial charge in [-0.2, -0.15) is 5.10 Å². The van der Waals surface area contributed by atoms with E-state index in [2.05, 4.69) is 5.10 Å². The summed E-state index contributed by atoms with van der Waals surface area (Å²) in [6.07, 6.45) is 0.908. The van der Waals surface area contributed by atoms with Gasteiger partial charge < -0.3 is 9.42 Å². The highest BCUT2D eigenvalue weighted by Crippen LogP contribution is 2.42. The summed E-state index contributed by atoms with van der Waals surface area (Å²) in [5.74, 6) is -0.434. The Balaban J connectivity index is 2.14. The highest BCUT2D eigenvalue weighted by molar-refractivity contribution is 7.53. The zero-order chi connectivity index (χ0) is 16.2. The molecule has 6 nitrogen and oxygen atoms in total. The molecule has 1 heterocycles. The van der Waals surface area contributed by atoms with Gasteiger partial charge in [0.1, 0.15) is 6.16 Å². The lowest BCUT2D eigenvalue weighted by molar-refractivity contribution is 0.101. The molecule has 0 amide bonds. The summed E-state index contributed by atoms with van der Waals surface area (Å²) >= 11 is 0. The minimum Gasteiger partial charge on any atom is -0.324 e. The van der Waals surface area contributed by atoms with E-state index in [9.17, 15) is 14.3 Å². The van der Waals surface area contributed by atoms with Crippen LogP contribution in [0.4, 0.5) is 0 Å². The number of hydrogen-bond donors (Lipinski definition) is 1. The van der Waals surface area contributed by atoms with E-state index in [0.717, 1.165) is 5.56 Å². The highest BCUT2D eigenvalue weighted by Gasteiger charge is 2.26. The van der Waals surface area contributed by atoms with Crippen molar-refractivity contribution in [3.63, 3.8) is 0 Å². The molecule has 7 heteroatoms. The van der Waals surface area contributed by atoms with Crippen LogP contribution in [0.2, 0.25) is 0 Å². The molecule has 1 aromatic carbocycles. The van der Waals surface area contributed by atoms with Gasteiger partial charge in [-0.15, -0.1) is 0 Å². The molecule has 0 aliphatic carbocycles. The van der Waals surface area contributed by atoms with Gasteiger partial charge in [0.05, 0.1) is 24.9 Å². The monoisotopic (exact) mass is 322 g/mol. The first kappa shape index (κ1) is 16.6. The second-order valence-corrected chi connectivity index (χ2v) is 6.77. The van der Waals surface area contributed by atoms with Gasteiger partial charge in [0.15, 0.2) is 5.78 Å². The lowest BCUT2D eigenvalue weighted by Crippen LogP contribution is -2.10. The largest absolute Gasteiger partial charge is 0.335 e. The molecular formula is C15H19N2O4P. The third kappa shape index (κ3) is 4.13. The number of carbonyl (C=O) groups excluding carboxylic acids is 1. The van der Waals surface area contributed by atoms with Crippen LogP contribution >= 0.6 is 7.60 Å². The SMILES string of the molecule is CCOP(=O)(O)CC(=O)c1cnn(Cc2ccccc2)c1C. The van der Waals surface area contributed by atoms with Crippen molar-refractivity contribution in [3.8, 4) is 0 Å². The Kier molecular flexibility index (Phi) is 5.29. The molecule has 118 valence electrons. The van der Waals surface area contributed by atoms with Gasteiger partial charge in [0.25, 0.3) is 0 Å². The van der Waals surface area contributed by atoms with E-state index < -0.39 is 19.5 Å². The van der Waals surface area contributed by atoms with Crippen molar-refractivity contribution < 1.29 is 18.8 Å². The van der Waals surface area contributed by atoms with Crippen LogP contribution < -0.4 is 0 Å². The molecule has 1 aromatic heterocycles. The molecule has 0 aliphatic rings. The van der Waals surface area contributed by atoms with E-state index in [1.54, 1.807) is 18.5 Å². The first-order valence-corrected chi connectivity index (χ1v) is 8.75. The highest BCUT2D eigenvalue weighted by atomic mass is 31.2. The average Bonchev–Trinajstić information content (AvgIpc) is 2.81. The number of Topliss-reactive ketones (excluding diaryl/α,β-unsaturated/α-hetero) is 1. The maximum Gasteiger partial charge on any atom is 0.335 e. The lowest BCUT2D eigenvalue weighted by atomic mass is 10.2. The van der Waals surface area contributed by atoms with Crippen molar-refractivity contribution in [2.24, 2.45) is 0 Å². The topological polar surface area (TPSA) is 81.4 Å². The van der Waals surface area contributed by atoms with Gasteiger partial charge in [-0.1, -0.05) is 30.3 Å². The van der Waals surface area contributed by atoms with E-state index in [1.165, 1.54) is 6.20 Å². The van der Waals surface area contributed by atoms with Crippen molar-refractivity contribution in [3.05, 3.63) is 53.3 Å². The van der Waals surface area contributed by atoms with Gasteiger partial charge in [-0.25, -0.2) is 0 Å². The molecule has 1 atom stereocenters. The maximum absolute atomic E-state index is 12.2. The van der Waals surface area contributed by atoms with Crippen molar-refractivity contribution in [2.45, 2.75) is 20.4 Å². The van der Waals surface area contributed by atoms with Crippen LogP contribution in [-0.2, 0) is 15.6 Å². The third-order valence-electron chi connectivity index (χ3n) is 3.25. The minimum atomic E-state index is -3.88. The summed E-state index contributed by atoms with van der Waals surface area (Å²) in [5.41, 5.74) is 2.09. The standard InChI is InChI=1S/C15H19N2O4P/c1-3-21-22(19,20)11-15(18)14-9-16-17(12(14)2)10-13-7-5-4-6-8-13/h4-9H,3,10-11H2,1-2H3,(H,19,20). The molecule has 0 radical (unpaired) electrons. The fraction of sp³-hybridized carbons (Fsp3) is 0.333. The number of ketones is 1. The van der Waals surface area contributed by atoms with E-state index in [-0.39, 0.29) is 6.61 Å². The predicted octanol–water partition coefficient (Wildman–Crippen LogP) is 2.64. The minimum absolute atomic E-state index is 0.0906. The van der Waals surface area contributed by atoms with Crippen LogP contribution in [-0.4, -0.2) is 33.2 Å². The number of rotatable bonds is 7. The van der Waals surface area contributed by atoms with Gasteiger partial charge >= 0.3 is 7.60 Å². The van der Waals surface area contributed by atoms with Gasteiger partial charge in [0.2, 0.25) is 0 Å². The molecule has 1 N–H and O–H groups in total. The normalized spacial score (nSPS) is 13.8. The number of benzene rings is 1. The molecule has 0 saturated heterocycles. The van der Waals surface area contributed by atoms with Gasteiger partial charge in [-0.3, -0.25) is 14.0 Å². The van der Waals surface area contributed by atoms with Crippen molar-refractivity contribution in [2.75, 3.05) is 12.8 Å². The quantitative estimate of drug-likeness (QED) is 0.626. The molecule has 0 fully saturated rings. The Morgan fingerprint density at radius 3 is 2.68 bits per heavy atom. The summed E-state index contributed by atoms with van der Waals surface area (Å²) in [7, 11) is -3.88. The average molecular weight is 322 g/mol. The summed E-state index contributed by atoms with van der Waals surface area (Å²) in [4.78, 5) is 21.7. The predicted molar refractivity (Wildman–Crippen MR) is 83.2 cm³/mol. The molecule has 2 aromatic rings. The first-order chi connectivity index (χ1) is 10.4. The van der Waals surface area contributed by atoms with Crippen LogP contribution in [0.5, 0.6) is 0 Å². The fourth-order valence-electron chi connectivity index (χ4n) is 2.15. The fourth-order valence-corrected chi connectivity index (χ4v) is 3.18. The van der Waals surface area contributed by atoms with Crippen LogP contribution in [0.15, 0.2) is 36.5 Å². The van der Waals surface area contributed by atoms with E-state index in [0.29, 0.717) is 17.8 Å². The Bertz CT molecular complexity index is 697. The summed E-state index contributed by atoms with van der Waals surface area (Å²) in [5, 5.41) is 4.19. The summed E-state index contributed by atoms with van der Waals surface area (Å²) < 4.78 is 18.1. The molecule has 0 saturated carbocycles. The van der Waals surface area contributed by atoms with Crippen LogP contribution in [0, 0.1) is 6.92 Å². The Hall–Kier alpha value is -1.75. The second-order valence-electron chi connectivity index (χ2n) is 4.92. The van der Waals surface area contributed by atoms with E-state index in [4.69, 9.17) is 4.52 Å². The molecule has 22 heavy (non-hydrogen) atoms. The molecule has 0 spiro atoms. The third-order valence-corrected chi connectivity index (χ3v) is 4.60. The zero-order valence-electron chi connectivity index (χ0n) is 12.6. The molecule has 2 rings (SSSR count). The maximum atomic E-state index is 12.2. The van der Waals surface area contributed by atoms with Crippen LogP contribution in [0.25, 0.3) is 0 Å². The summed E-state index contributed by atoms with van der Waals surface area (Å²) in [6, 6.07) is 9.74. The lowest BCUT2D eigenvalue weighted by Gasteiger charge is -2.09. The molecular weight excluding hydrogens is 303 g/mol. The Morgan fingerprint density at radius 1 is 1.36 bits per heavy atom. The van der Waals surface area contributed by atoms with Crippen LogP contribution in [0.3, 0.4) is 0 Å². The number of nitrogens with zero attached hydrogens (tertiary/aromatic N) is 2. The zero-order valence-corrected chi connectivity index (χ0v) is 13.5. The molecule has 0 bridgehead atoms. The van der Waals surface area contributed by atoms with Crippen molar-refractivity contribution >= 4 is 13.4 Å². The number of carbonyl (C=O) groups is 1. The first-order valence-electron chi connectivity index (χ1n) is 6.99. The molecule has 1 unspecified atom stereocenters. The second kappa shape index (κ2) is 7.01. The van der Waals surface area contributed by atoms with Crippen molar-refractivity contribution in [1.82, 2.24) is 9.78 Å². The van der Waals surface area contributed by atoms with Crippen molar-refractivity contribution in [1.29, 1.82) is 0 Å². The number of hydrogen-bond acceptors (Lipinski definition) is 4. The molecule has 0 aliphatic heterocycles. The Morgan fingerprint density at radius 2 is 2.05 bits per heavy atom. The smallest absolute Gasteiger partial charge is 0.324 e. The van der Waals surface area contributed by atoms with E-state index in [1.807, 2.05) is 30.3 Å². The Labute approximate surface area is 129 Å². The number of aromatic nitrogens is 2. The van der Waals surface area contributed by atoms with E-state index >= 15 is 0 Å². The van der Waals surface area contributed by atoms with Gasteiger partial charge in [-0.05, 0) is 19.4 Å².